The number of hydrogen-bond donors (Lipinski definition) is 1. The first-order valence-corrected chi connectivity index (χ1v) is 5.53. The Bertz CT molecular complexity index is 356. The number of methoxy groups -OCH3 is 1. The number of esters is 1. The molecule has 1 aromatic heterocycles. The molecule has 5 nitrogen and oxygen atoms in total. The smallest absolute Gasteiger partial charge is 0.375 e. The first-order chi connectivity index (χ1) is 7.79. The minimum absolute atomic E-state index is 0.187. The van der Waals surface area contributed by atoms with Crippen LogP contribution in [0.3, 0.4) is 0 Å². The highest BCUT2D eigenvalue weighted by Crippen LogP contribution is 2.18. The van der Waals surface area contributed by atoms with Crippen LogP contribution in [0.15, 0.2) is 10.6 Å². The number of carbonyl (C=O) groups excluding carboxylic acids is 1. The molecule has 1 aromatic rings. The number of ether oxygens (including phenoxy) is 1. The monoisotopic (exact) mass is 224 g/mol. The van der Waals surface area contributed by atoms with E-state index in [4.69, 9.17) is 4.42 Å². The first kappa shape index (κ1) is 11.1. The molecule has 0 bridgehead atoms. The molecule has 0 atom stereocenters. The first-order valence-electron chi connectivity index (χ1n) is 5.53. The molecular weight excluding hydrogens is 208 g/mol. The predicted octanol–water partition coefficient (Wildman–Crippen LogP) is 1.00. The van der Waals surface area contributed by atoms with E-state index in [1.165, 1.54) is 13.3 Å². The van der Waals surface area contributed by atoms with Crippen LogP contribution in [0.25, 0.3) is 0 Å². The van der Waals surface area contributed by atoms with Gasteiger partial charge in [-0.15, -0.1) is 0 Å². The fourth-order valence-corrected chi connectivity index (χ4v) is 1.93. The molecule has 0 spiro atoms. The molecule has 0 radical (unpaired) electrons. The van der Waals surface area contributed by atoms with Gasteiger partial charge in [0.25, 0.3) is 0 Å². The lowest BCUT2D eigenvalue weighted by atomic mass is 9.95. The minimum atomic E-state index is -0.468. The number of hydrogen-bond acceptors (Lipinski definition) is 5. The van der Waals surface area contributed by atoms with Crippen molar-refractivity contribution in [1.82, 2.24) is 10.3 Å². The third-order valence-electron chi connectivity index (χ3n) is 2.86. The van der Waals surface area contributed by atoms with Gasteiger partial charge < -0.3 is 14.5 Å². The number of nitrogens with one attached hydrogen (secondary N) is 1. The van der Waals surface area contributed by atoms with E-state index >= 15 is 0 Å². The molecule has 0 aliphatic carbocycles. The van der Waals surface area contributed by atoms with Gasteiger partial charge in [0, 0.05) is 6.42 Å². The molecular formula is C11H16N2O3. The Balaban J connectivity index is 1.94. The third-order valence-corrected chi connectivity index (χ3v) is 2.86. The fraction of sp³-hybridized carbons (Fsp3) is 0.636. The summed E-state index contributed by atoms with van der Waals surface area (Å²) in [7, 11) is 1.33. The largest absolute Gasteiger partial charge is 0.463 e. The van der Waals surface area contributed by atoms with Crippen LogP contribution in [0.2, 0.25) is 0 Å². The van der Waals surface area contributed by atoms with E-state index in [2.05, 4.69) is 15.0 Å². The van der Waals surface area contributed by atoms with Gasteiger partial charge in [-0.3, -0.25) is 0 Å². The highest BCUT2D eigenvalue weighted by molar-refractivity contribution is 5.85. The number of piperidine rings is 1. The molecule has 0 amide bonds. The van der Waals surface area contributed by atoms with Crippen molar-refractivity contribution in [2.75, 3.05) is 20.2 Å². The zero-order chi connectivity index (χ0) is 11.4. The summed E-state index contributed by atoms with van der Waals surface area (Å²) in [5, 5.41) is 3.31. The van der Waals surface area contributed by atoms with Gasteiger partial charge in [-0.25, -0.2) is 9.78 Å². The van der Waals surface area contributed by atoms with Crippen LogP contribution in [-0.2, 0) is 11.2 Å². The number of aromatic nitrogens is 1. The Morgan fingerprint density at radius 1 is 1.62 bits per heavy atom. The summed E-state index contributed by atoms with van der Waals surface area (Å²) in [5.74, 6) is 0.952. The van der Waals surface area contributed by atoms with Crippen LogP contribution in [0.1, 0.15) is 29.3 Å². The van der Waals surface area contributed by atoms with Crippen LogP contribution < -0.4 is 5.32 Å². The Kier molecular flexibility index (Phi) is 3.56. The maximum atomic E-state index is 11.2. The van der Waals surface area contributed by atoms with Crippen LogP contribution in [0.4, 0.5) is 0 Å². The van der Waals surface area contributed by atoms with E-state index in [1.807, 2.05) is 0 Å². The van der Waals surface area contributed by atoms with E-state index in [9.17, 15) is 4.79 Å². The molecule has 0 unspecified atom stereocenters. The van der Waals surface area contributed by atoms with Crippen molar-refractivity contribution in [2.45, 2.75) is 19.3 Å². The number of rotatable bonds is 3. The SMILES string of the molecule is COC(=O)c1cnc(CC2CCNCC2)o1. The van der Waals surface area contributed by atoms with Crippen LogP contribution in [0, 0.1) is 5.92 Å². The Morgan fingerprint density at radius 2 is 2.38 bits per heavy atom. The highest BCUT2D eigenvalue weighted by Gasteiger charge is 2.18. The van der Waals surface area contributed by atoms with Crippen molar-refractivity contribution < 1.29 is 13.9 Å². The van der Waals surface area contributed by atoms with Gasteiger partial charge in [0.2, 0.25) is 5.76 Å². The standard InChI is InChI=1S/C11H16N2O3/c1-15-11(14)9-7-13-10(16-9)6-8-2-4-12-5-3-8/h7-8,12H,2-6H2,1H3. The van der Waals surface area contributed by atoms with Gasteiger partial charge in [0.15, 0.2) is 5.89 Å². The number of oxazole rings is 1. The summed E-state index contributed by atoms with van der Waals surface area (Å²) >= 11 is 0. The van der Waals surface area contributed by atoms with Crippen molar-refractivity contribution in [3.8, 4) is 0 Å². The summed E-state index contributed by atoms with van der Waals surface area (Å²) in [5.41, 5.74) is 0. The summed E-state index contributed by atoms with van der Waals surface area (Å²) < 4.78 is 9.89. The second-order valence-electron chi connectivity index (χ2n) is 4.01. The van der Waals surface area contributed by atoms with E-state index < -0.39 is 5.97 Å². The fourth-order valence-electron chi connectivity index (χ4n) is 1.93. The summed E-state index contributed by atoms with van der Waals surface area (Å²) in [6.07, 6.45) is 4.51. The molecule has 2 rings (SSSR count). The quantitative estimate of drug-likeness (QED) is 0.776. The zero-order valence-corrected chi connectivity index (χ0v) is 9.36. The van der Waals surface area contributed by atoms with E-state index in [1.54, 1.807) is 0 Å². The molecule has 2 heterocycles. The summed E-state index contributed by atoms with van der Waals surface area (Å²) in [6.45, 7) is 2.10. The van der Waals surface area contributed by atoms with E-state index in [0.717, 1.165) is 32.4 Å². The van der Waals surface area contributed by atoms with Crippen molar-refractivity contribution in [3.05, 3.63) is 17.8 Å². The van der Waals surface area contributed by atoms with Crippen LogP contribution in [0.5, 0.6) is 0 Å². The van der Waals surface area contributed by atoms with E-state index in [-0.39, 0.29) is 5.76 Å². The van der Waals surface area contributed by atoms with Gasteiger partial charge in [-0.2, -0.15) is 0 Å². The van der Waals surface area contributed by atoms with Crippen LogP contribution >= 0.6 is 0 Å². The van der Waals surface area contributed by atoms with Gasteiger partial charge >= 0.3 is 5.97 Å². The lowest BCUT2D eigenvalue weighted by Crippen LogP contribution is -2.28. The lowest BCUT2D eigenvalue weighted by molar-refractivity contribution is 0.0562. The zero-order valence-electron chi connectivity index (χ0n) is 9.36. The van der Waals surface area contributed by atoms with Crippen molar-refractivity contribution >= 4 is 5.97 Å². The second kappa shape index (κ2) is 5.12. The Morgan fingerprint density at radius 3 is 3.06 bits per heavy atom. The minimum Gasteiger partial charge on any atom is -0.463 e. The normalized spacial score (nSPS) is 17.3. The highest BCUT2D eigenvalue weighted by atomic mass is 16.5. The average molecular weight is 224 g/mol. The molecule has 1 aliphatic rings. The van der Waals surface area contributed by atoms with Gasteiger partial charge in [-0.1, -0.05) is 0 Å². The van der Waals surface area contributed by atoms with E-state index in [0.29, 0.717) is 11.8 Å². The summed E-state index contributed by atoms with van der Waals surface area (Å²) in [6, 6.07) is 0. The number of carbonyl (C=O) groups is 1. The van der Waals surface area contributed by atoms with Gasteiger partial charge in [-0.05, 0) is 31.8 Å². The average Bonchev–Trinajstić information content (AvgIpc) is 2.78. The topological polar surface area (TPSA) is 64.4 Å². The molecule has 1 aliphatic heterocycles. The molecule has 88 valence electrons. The molecule has 1 N–H and O–H groups in total. The van der Waals surface area contributed by atoms with Gasteiger partial charge in [0.05, 0.1) is 13.3 Å². The predicted molar refractivity (Wildman–Crippen MR) is 57.1 cm³/mol. The molecule has 16 heavy (non-hydrogen) atoms. The van der Waals surface area contributed by atoms with Crippen molar-refractivity contribution in [2.24, 2.45) is 5.92 Å². The maximum Gasteiger partial charge on any atom is 0.375 e. The molecule has 0 saturated carbocycles. The maximum absolute atomic E-state index is 11.2. The molecule has 5 heteroatoms. The lowest BCUT2D eigenvalue weighted by Gasteiger charge is -2.20. The molecule has 1 saturated heterocycles. The van der Waals surface area contributed by atoms with Crippen molar-refractivity contribution in [1.29, 1.82) is 0 Å². The Hall–Kier alpha value is -1.36. The Labute approximate surface area is 94.2 Å². The van der Waals surface area contributed by atoms with Crippen LogP contribution in [-0.4, -0.2) is 31.2 Å². The number of nitrogens with zero attached hydrogens (tertiary/aromatic N) is 1. The summed E-state index contributed by atoms with van der Waals surface area (Å²) in [4.78, 5) is 15.2. The third kappa shape index (κ3) is 2.61. The van der Waals surface area contributed by atoms with Gasteiger partial charge in [0.1, 0.15) is 0 Å². The van der Waals surface area contributed by atoms with Crippen molar-refractivity contribution in [3.63, 3.8) is 0 Å². The second-order valence-corrected chi connectivity index (χ2v) is 4.01. The molecule has 1 fully saturated rings. The molecule has 0 aromatic carbocycles.